The Balaban J connectivity index is 2.72. The van der Waals surface area contributed by atoms with Gasteiger partial charge in [-0.25, -0.2) is 0 Å². The van der Waals surface area contributed by atoms with Crippen LogP contribution in [0, 0.1) is 0 Å². The average molecular weight is 190 g/mol. The highest BCUT2D eigenvalue weighted by molar-refractivity contribution is 7.17. The van der Waals surface area contributed by atoms with Gasteiger partial charge in [0.15, 0.2) is 0 Å². The number of phenolic OH excluding ortho intramolecular Hbond substituents is 1. The predicted octanol–water partition coefficient (Wildman–Crippen LogP) is 3.34. The third kappa shape index (κ3) is 1.33. The molecule has 0 unspecified atom stereocenters. The highest BCUT2D eigenvalue weighted by atomic mass is 32.1. The van der Waals surface area contributed by atoms with Crippen LogP contribution < -0.4 is 0 Å². The molecule has 66 valence electrons. The minimum absolute atomic E-state index is 0.370. The summed E-state index contributed by atoms with van der Waals surface area (Å²) in [5.74, 6) is 0.370. The van der Waals surface area contributed by atoms with E-state index in [1.807, 2.05) is 17.5 Å². The zero-order valence-corrected chi connectivity index (χ0v) is 7.97. The summed E-state index contributed by atoms with van der Waals surface area (Å²) >= 11 is 1.66. The molecule has 0 bridgehead atoms. The second-order valence-electron chi connectivity index (χ2n) is 2.89. The van der Waals surface area contributed by atoms with Crippen LogP contribution >= 0.6 is 11.3 Å². The van der Waals surface area contributed by atoms with Crippen LogP contribution in [0.2, 0.25) is 0 Å². The summed E-state index contributed by atoms with van der Waals surface area (Å²) in [6.45, 7) is 3.68. The van der Waals surface area contributed by atoms with Crippen LogP contribution in [0.1, 0.15) is 5.56 Å². The SMILES string of the molecule is C=CCc1c(O)ccc2ccsc12. The third-order valence-corrected chi connectivity index (χ3v) is 3.04. The Labute approximate surface area is 81.0 Å². The molecule has 0 saturated carbocycles. The van der Waals surface area contributed by atoms with Crippen molar-refractivity contribution >= 4 is 21.4 Å². The van der Waals surface area contributed by atoms with Gasteiger partial charge >= 0.3 is 0 Å². The lowest BCUT2D eigenvalue weighted by Gasteiger charge is -2.02. The fraction of sp³-hybridized carbons (Fsp3) is 0.0909. The molecule has 0 aliphatic rings. The molecule has 0 aliphatic carbocycles. The van der Waals surface area contributed by atoms with Crippen molar-refractivity contribution in [2.75, 3.05) is 0 Å². The van der Waals surface area contributed by atoms with E-state index in [0.29, 0.717) is 5.75 Å². The first-order valence-electron chi connectivity index (χ1n) is 4.12. The highest BCUT2D eigenvalue weighted by Gasteiger charge is 2.05. The van der Waals surface area contributed by atoms with Crippen LogP contribution in [0.15, 0.2) is 36.2 Å². The fourth-order valence-electron chi connectivity index (χ4n) is 1.42. The van der Waals surface area contributed by atoms with Crippen LogP contribution in [-0.4, -0.2) is 5.11 Å². The Kier molecular flexibility index (Phi) is 2.07. The normalized spacial score (nSPS) is 10.5. The number of thiophene rings is 1. The summed E-state index contributed by atoms with van der Waals surface area (Å²) in [5.41, 5.74) is 0.988. The Morgan fingerprint density at radius 1 is 1.38 bits per heavy atom. The summed E-state index contributed by atoms with van der Waals surface area (Å²) in [7, 11) is 0. The number of aromatic hydroxyl groups is 1. The number of hydrogen-bond acceptors (Lipinski definition) is 2. The molecule has 1 heterocycles. The molecule has 0 amide bonds. The summed E-state index contributed by atoms with van der Waals surface area (Å²) < 4.78 is 1.17. The molecular formula is C11H10OS. The number of phenols is 1. The van der Waals surface area contributed by atoms with Crippen molar-refractivity contribution in [1.29, 1.82) is 0 Å². The molecule has 1 aromatic heterocycles. The molecule has 1 nitrogen and oxygen atoms in total. The van der Waals surface area contributed by atoms with E-state index in [1.165, 1.54) is 10.1 Å². The molecule has 0 radical (unpaired) electrons. The lowest BCUT2D eigenvalue weighted by Crippen LogP contribution is -1.81. The van der Waals surface area contributed by atoms with Crippen LogP contribution in [-0.2, 0) is 6.42 Å². The van der Waals surface area contributed by atoms with E-state index in [2.05, 4.69) is 12.6 Å². The predicted molar refractivity (Wildman–Crippen MR) is 57.4 cm³/mol. The van der Waals surface area contributed by atoms with Crippen LogP contribution in [0.4, 0.5) is 0 Å². The minimum atomic E-state index is 0.370. The topological polar surface area (TPSA) is 20.2 Å². The van der Waals surface area contributed by atoms with Crippen molar-refractivity contribution in [2.24, 2.45) is 0 Å². The lowest BCUT2D eigenvalue weighted by atomic mass is 10.1. The highest BCUT2D eigenvalue weighted by Crippen LogP contribution is 2.31. The molecule has 13 heavy (non-hydrogen) atoms. The van der Waals surface area contributed by atoms with Crippen molar-refractivity contribution in [1.82, 2.24) is 0 Å². The van der Waals surface area contributed by atoms with Gasteiger partial charge in [0.1, 0.15) is 5.75 Å². The quantitative estimate of drug-likeness (QED) is 0.720. The molecule has 0 saturated heterocycles. The number of benzene rings is 1. The molecule has 1 aromatic carbocycles. The zero-order valence-electron chi connectivity index (χ0n) is 7.16. The first-order valence-corrected chi connectivity index (χ1v) is 5.00. The molecule has 2 aromatic rings. The average Bonchev–Trinajstić information content (AvgIpc) is 2.58. The van der Waals surface area contributed by atoms with Crippen molar-refractivity contribution in [3.8, 4) is 5.75 Å². The van der Waals surface area contributed by atoms with Crippen LogP contribution in [0.25, 0.3) is 10.1 Å². The van der Waals surface area contributed by atoms with Gasteiger partial charge in [-0.3, -0.25) is 0 Å². The molecule has 0 atom stereocenters. The maximum atomic E-state index is 9.62. The van der Waals surface area contributed by atoms with E-state index >= 15 is 0 Å². The molecule has 0 spiro atoms. The van der Waals surface area contributed by atoms with Gasteiger partial charge in [0.25, 0.3) is 0 Å². The Morgan fingerprint density at radius 3 is 3.00 bits per heavy atom. The summed E-state index contributed by atoms with van der Waals surface area (Å²) in [5, 5.41) is 12.8. The second kappa shape index (κ2) is 3.23. The molecule has 2 rings (SSSR count). The molecular weight excluding hydrogens is 180 g/mol. The number of allylic oxidation sites excluding steroid dienone is 1. The van der Waals surface area contributed by atoms with Crippen molar-refractivity contribution in [3.63, 3.8) is 0 Å². The maximum Gasteiger partial charge on any atom is 0.120 e. The first kappa shape index (κ1) is 8.32. The maximum absolute atomic E-state index is 9.62. The van der Waals surface area contributed by atoms with Crippen molar-refractivity contribution in [3.05, 3.63) is 41.8 Å². The van der Waals surface area contributed by atoms with Gasteiger partial charge in [0, 0.05) is 10.3 Å². The summed E-state index contributed by atoms with van der Waals surface area (Å²) in [6, 6.07) is 5.74. The monoisotopic (exact) mass is 190 g/mol. The van der Waals surface area contributed by atoms with Crippen LogP contribution in [0.3, 0.4) is 0 Å². The standard InChI is InChI=1S/C11H10OS/c1-2-3-9-10(12)5-4-8-6-7-13-11(8)9/h2,4-7,12H,1,3H2. The van der Waals surface area contributed by atoms with Gasteiger partial charge in [-0.15, -0.1) is 17.9 Å². The van der Waals surface area contributed by atoms with E-state index in [0.717, 1.165) is 12.0 Å². The fourth-order valence-corrected chi connectivity index (χ4v) is 2.38. The minimum Gasteiger partial charge on any atom is -0.508 e. The van der Waals surface area contributed by atoms with E-state index < -0.39 is 0 Å². The van der Waals surface area contributed by atoms with Crippen molar-refractivity contribution < 1.29 is 5.11 Å². The van der Waals surface area contributed by atoms with Gasteiger partial charge in [0.2, 0.25) is 0 Å². The molecule has 2 heteroatoms. The lowest BCUT2D eigenvalue weighted by molar-refractivity contribution is 0.471. The van der Waals surface area contributed by atoms with E-state index in [1.54, 1.807) is 17.4 Å². The second-order valence-corrected chi connectivity index (χ2v) is 3.81. The van der Waals surface area contributed by atoms with Gasteiger partial charge < -0.3 is 5.11 Å². The number of rotatable bonds is 2. The molecule has 1 N–H and O–H groups in total. The largest absolute Gasteiger partial charge is 0.508 e. The number of hydrogen-bond donors (Lipinski definition) is 1. The summed E-state index contributed by atoms with van der Waals surface area (Å²) in [6.07, 6.45) is 2.54. The Bertz CT molecular complexity index is 442. The first-order chi connectivity index (χ1) is 6.33. The van der Waals surface area contributed by atoms with Gasteiger partial charge in [-0.05, 0) is 35.4 Å². The van der Waals surface area contributed by atoms with Crippen LogP contribution in [0.5, 0.6) is 5.75 Å². The molecule has 0 aliphatic heterocycles. The molecule has 0 fully saturated rings. The Hall–Kier alpha value is -1.28. The number of fused-ring (bicyclic) bond motifs is 1. The smallest absolute Gasteiger partial charge is 0.120 e. The van der Waals surface area contributed by atoms with Gasteiger partial charge in [-0.1, -0.05) is 6.08 Å². The summed E-state index contributed by atoms with van der Waals surface area (Å²) in [4.78, 5) is 0. The van der Waals surface area contributed by atoms with Gasteiger partial charge in [0.05, 0.1) is 0 Å². The van der Waals surface area contributed by atoms with E-state index in [4.69, 9.17) is 0 Å². The van der Waals surface area contributed by atoms with Gasteiger partial charge in [-0.2, -0.15) is 0 Å². The van der Waals surface area contributed by atoms with E-state index in [-0.39, 0.29) is 0 Å². The zero-order chi connectivity index (χ0) is 9.26. The van der Waals surface area contributed by atoms with E-state index in [9.17, 15) is 5.11 Å². The Morgan fingerprint density at radius 2 is 2.23 bits per heavy atom. The van der Waals surface area contributed by atoms with Crippen molar-refractivity contribution in [2.45, 2.75) is 6.42 Å². The third-order valence-electron chi connectivity index (χ3n) is 2.05.